The molecule has 2 aromatic heterocycles. The van der Waals surface area contributed by atoms with Gasteiger partial charge < -0.3 is 24.5 Å². The Morgan fingerprint density at radius 2 is 1.84 bits per heavy atom. The molecule has 37 heavy (non-hydrogen) atoms. The van der Waals surface area contributed by atoms with E-state index in [2.05, 4.69) is 20.3 Å². The molecule has 5 rings (SSSR count). The number of aromatic nitrogens is 4. The van der Waals surface area contributed by atoms with Crippen LogP contribution in [0.2, 0.25) is 0 Å². The fraction of sp³-hybridized carbons (Fsp3) is 0.259. The third kappa shape index (κ3) is 5.50. The molecular weight excluding hydrogens is 477 g/mol. The van der Waals surface area contributed by atoms with Crippen molar-refractivity contribution in [3.63, 3.8) is 0 Å². The van der Waals surface area contributed by atoms with Crippen LogP contribution in [0, 0.1) is 11.2 Å². The Kier molecular flexibility index (Phi) is 6.93. The van der Waals surface area contributed by atoms with Gasteiger partial charge in [0.25, 0.3) is 5.91 Å². The fourth-order valence-corrected chi connectivity index (χ4v) is 3.97. The topological polar surface area (TPSA) is 111 Å². The Labute approximate surface area is 213 Å². The summed E-state index contributed by atoms with van der Waals surface area (Å²) in [7, 11) is 1.49. The van der Waals surface area contributed by atoms with E-state index in [4.69, 9.17) is 19.2 Å². The van der Waals surface area contributed by atoms with E-state index < -0.39 is 11.7 Å². The number of hydrogen-bond donors (Lipinski definition) is 2. The molecule has 0 unspecified atom stereocenters. The van der Waals surface area contributed by atoms with E-state index in [1.54, 1.807) is 36.5 Å². The summed E-state index contributed by atoms with van der Waals surface area (Å²) in [5.41, 5.74) is 2.58. The van der Waals surface area contributed by atoms with Crippen molar-refractivity contribution in [2.45, 2.75) is 13.2 Å². The lowest BCUT2D eigenvalue weighted by Crippen LogP contribution is -2.45. The van der Waals surface area contributed by atoms with E-state index in [0.29, 0.717) is 53.8 Å². The van der Waals surface area contributed by atoms with Gasteiger partial charge in [0.1, 0.15) is 5.82 Å². The zero-order chi connectivity index (χ0) is 25.8. The lowest BCUT2D eigenvalue weighted by atomic mass is 9.92. The number of amides is 1. The summed E-state index contributed by atoms with van der Waals surface area (Å²) in [5.74, 6) is -0.0477. The molecule has 1 fully saturated rings. The number of benzene rings is 2. The van der Waals surface area contributed by atoms with Gasteiger partial charge in [-0.3, -0.25) is 4.79 Å². The molecule has 0 bridgehead atoms. The number of imidazole rings is 1. The van der Waals surface area contributed by atoms with Crippen LogP contribution in [0.15, 0.2) is 66.9 Å². The minimum atomic E-state index is -0.755. The summed E-state index contributed by atoms with van der Waals surface area (Å²) in [5, 5.41) is 2.96. The van der Waals surface area contributed by atoms with Crippen molar-refractivity contribution >= 4 is 5.91 Å². The van der Waals surface area contributed by atoms with E-state index >= 15 is 0 Å². The average molecular weight is 504 g/mol. The number of carbonyl (C=O) groups excluding carboxylic acids is 1. The molecule has 0 spiro atoms. The van der Waals surface area contributed by atoms with E-state index in [-0.39, 0.29) is 17.7 Å². The predicted molar refractivity (Wildman–Crippen MR) is 133 cm³/mol. The quantitative estimate of drug-likeness (QED) is 0.390. The maximum atomic E-state index is 13.6. The van der Waals surface area contributed by atoms with E-state index in [9.17, 15) is 9.18 Å². The number of rotatable bonds is 7. The van der Waals surface area contributed by atoms with E-state index in [1.807, 2.05) is 25.1 Å². The summed E-state index contributed by atoms with van der Waals surface area (Å²) < 4.78 is 30.8. The van der Waals surface area contributed by atoms with Crippen LogP contribution in [-0.2, 0) is 9.47 Å². The van der Waals surface area contributed by atoms with Gasteiger partial charge in [-0.15, -0.1) is 0 Å². The highest BCUT2D eigenvalue weighted by Crippen LogP contribution is 2.35. The van der Waals surface area contributed by atoms with Crippen molar-refractivity contribution in [3.05, 3.63) is 84.1 Å². The summed E-state index contributed by atoms with van der Waals surface area (Å²) in [6.45, 7) is 3.06. The van der Waals surface area contributed by atoms with Crippen molar-refractivity contribution in [1.82, 2.24) is 25.3 Å². The first-order valence-electron chi connectivity index (χ1n) is 11.7. The van der Waals surface area contributed by atoms with Gasteiger partial charge in [-0.1, -0.05) is 25.1 Å². The van der Waals surface area contributed by atoms with Gasteiger partial charge in [0.2, 0.25) is 6.29 Å². The SMILES string of the molecule is COc1nccc(-c2[nH]c(C3OCC(C)(CNC(=O)c4ccccc4)CO3)nc2-c2ccc(F)cc2)n1. The molecule has 0 radical (unpaired) electrons. The highest BCUT2D eigenvalue weighted by molar-refractivity contribution is 5.94. The molecule has 2 N–H and O–H groups in total. The molecule has 1 saturated heterocycles. The van der Waals surface area contributed by atoms with Crippen LogP contribution in [0.5, 0.6) is 6.01 Å². The first-order chi connectivity index (χ1) is 17.9. The molecule has 3 heterocycles. The van der Waals surface area contributed by atoms with Gasteiger partial charge in [0, 0.05) is 29.3 Å². The maximum Gasteiger partial charge on any atom is 0.316 e. The van der Waals surface area contributed by atoms with Crippen molar-refractivity contribution in [1.29, 1.82) is 0 Å². The normalized spacial score (nSPS) is 19.4. The Morgan fingerprint density at radius 3 is 2.54 bits per heavy atom. The van der Waals surface area contributed by atoms with Gasteiger partial charge in [-0.05, 0) is 42.5 Å². The number of ether oxygens (including phenoxy) is 3. The average Bonchev–Trinajstić information content (AvgIpc) is 3.38. The molecular formula is C27H26FN5O4. The smallest absolute Gasteiger partial charge is 0.316 e. The summed E-state index contributed by atoms with van der Waals surface area (Å²) >= 11 is 0. The Hall–Kier alpha value is -4.15. The van der Waals surface area contributed by atoms with Gasteiger partial charge in [-0.25, -0.2) is 14.4 Å². The third-order valence-corrected chi connectivity index (χ3v) is 6.01. The highest BCUT2D eigenvalue weighted by Gasteiger charge is 2.35. The Balaban J connectivity index is 1.34. The van der Waals surface area contributed by atoms with Crippen LogP contribution in [0.4, 0.5) is 4.39 Å². The lowest BCUT2D eigenvalue weighted by molar-refractivity contribution is -0.231. The maximum absolute atomic E-state index is 13.6. The Morgan fingerprint density at radius 1 is 1.11 bits per heavy atom. The van der Waals surface area contributed by atoms with Gasteiger partial charge >= 0.3 is 6.01 Å². The molecule has 1 aliphatic heterocycles. The number of aromatic amines is 1. The summed E-state index contributed by atoms with van der Waals surface area (Å²) in [6.07, 6.45) is 0.827. The second-order valence-corrected chi connectivity index (χ2v) is 9.09. The molecule has 1 aliphatic rings. The zero-order valence-electron chi connectivity index (χ0n) is 20.4. The summed E-state index contributed by atoms with van der Waals surface area (Å²) in [6, 6.07) is 17.0. The van der Waals surface area contributed by atoms with Crippen LogP contribution in [0.1, 0.15) is 29.4 Å². The molecule has 4 aromatic rings. The number of nitrogens with one attached hydrogen (secondary N) is 2. The van der Waals surface area contributed by atoms with Crippen LogP contribution in [-0.4, -0.2) is 52.7 Å². The zero-order valence-corrected chi connectivity index (χ0v) is 20.4. The van der Waals surface area contributed by atoms with Crippen LogP contribution in [0.25, 0.3) is 22.6 Å². The van der Waals surface area contributed by atoms with E-state index in [0.717, 1.165) is 0 Å². The van der Waals surface area contributed by atoms with Crippen molar-refractivity contribution in [3.8, 4) is 28.7 Å². The molecule has 9 nitrogen and oxygen atoms in total. The third-order valence-electron chi connectivity index (χ3n) is 6.01. The van der Waals surface area contributed by atoms with Gasteiger partial charge in [0.05, 0.1) is 37.4 Å². The van der Waals surface area contributed by atoms with Crippen molar-refractivity contribution < 1.29 is 23.4 Å². The number of H-pyrrole nitrogens is 1. The number of methoxy groups -OCH3 is 1. The molecule has 2 aromatic carbocycles. The summed E-state index contributed by atoms with van der Waals surface area (Å²) in [4.78, 5) is 28.9. The fourth-order valence-electron chi connectivity index (χ4n) is 3.97. The second kappa shape index (κ2) is 10.5. The molecule has 10 heteroatoms. The highest BCUT2D eigenvalue weighted by atomic mass is 19.1. The largest absolute Gasteiger partial charge is 0.467 e. The van der Waals surface area contributed by atoms with Crippen LogP contribution in [0.3, 0.4) is 0 Å². The number of halogens is 1. The lowest BCUT2D eigenvalue weighted by Gasteiger charge is -2.36. The second-order valence-electron chi connectivity index (χ2n) is 9.09. The first-order valence-corrected chi connectivity index (χ1v) is 11.7. The Bertz CT molecular complexity index is 1370. The minimum absolute atomic E-state index is 0.149. The first kappa shape index (κ1) is 24.5. The van der Waals surface area contributed by atoms with Crippen molar-refractivity contribution in [2.24, 2.45) is 5.41 Å². The van der Waals surface area contributed by atoms with Gasteiger partial charge in [-0.2, -0.15) is 4.98 Å². The number of hydrogen-bond acceptors (Lipinski definition) is 7. The molecule has 0 atom stereocenters. The van der Waals surface area contributed by atoms with Crippen molar-refractivity contribution in [2.75, 3.05) is 26.9 Å². The van der Waals surface area contributed by atoms with Crippen LogP contribution < -0.4 is 10.1 Å². The number of nitrogens with zero attached hydrogens (tertiary/aromatic N) is 3. The molecule has 190 valence electrons. The molecule has 0 saturated carbocycles. The molecule has 1 amide bonds. The monoisotopic (exact) mass is 503 g/mol. The minimum Gasteiger partial charge on any atom is -0.467 e. The van der Waals surface area contributed by atoms with E-state index in [1.165, 1.54) is 19.2 Å². The van der Waals surface area contributed by atoms with Crippen LogP contribution >= 0.6 is 0 Å². The standard InChI is InChI=1S/C27H26FN5O4/c1-27(14-30-24(34)18-6-4-3-5-7-18)15-36-25(37-16-27)23-32-21(17-8-10-19(28)11-9-17)22(33-23)20-12-13-29-26(31-20)35-2/h3-13,25H,14-16H2,1-2H3,(H,30,34)(H,32,33). The van der Waals surface area contributed by atoms with Gasteiger partial charge in [0.15, 0.2) is 5.82 Å². The molecule has 0 aliphatic carbocycles. The predicted octanol–water partition coefficient (Wildman–Crippen LogP) is 4.16. The number of carbonyl (C=O) groups is 1.